The van der Waals surface area contributed by atoms with E-state index in [0.29, 0.717) is 17.1 Å². The average Bonchev–Trinajstić information content (AvgIpc) is 1.81. The van der Waals surface area contributed by atoms with Gasteiger partial charge in [-0.25, -0.2) is 0 Å². The minimum atomic E-state index is 0.303. The van der Waals surface area contributed by atoms with Gasteiger partial charge in [-0.2, -0.15) is 0 Å². The van der Waals surface area contributed by atoms with E-state index in [2.05, 4.69) is 20.8 Å². The first-order valence-corrected chi connectivity index (χ1v) is 4.16. The van der Waals surface area contributed by atoms with Gasteiger partial charge in [0.2, 0.25) is 0 Å². The topological polar surface area (TPSA) is 9.23 Å². The second-order valence-corrected chi connectivity index (χ2v) is 3.38. The average molecular weight is 160 g/mol. The number of ether oxygens (including phenoxy) is 1. The van der Waals surface area contributed by atoms with E-state index < -0.39 is 0 Å². The number of rotatable bonds is 3. The molecule has 1 atom stereocenters. The molecule has 0 spiro atoms. The molecule has 0 rings (SSSR count). The van der Waals surface area contributed by atoms with Crippen LogP contribution in [0.2, 0.25) is 0 Å². The maximum absolute atomic E-state index is 5.39. The zero-order valence-electron chi connectivity index (χ0n) is 7.18. The molecule has 0 fully saturated rings. The highest BCUT2D eigenvalue weighted by molar-refractivity contribution is 7.80. The molecule has 0 saturated heterocycles. The summed E-state index contributed by atoms with van der Waals surface area (Å²) in [5.74, 6) is 0.558. The maximum atomic E-state index is 5.39. The molecule has 0 heterocycles. The van der Waals surface area contributed by atoms with Crippen molar-refractivity contribution in [2.75, 3.05) is 0 Å². The van der Waals surface area contributed by atoms with E-state index >= 15 is 0 Å². The minimum Gasteiger partial charge on any atom is -0.484 e. The zero-order valence-corrected chi connectivity index (χ0v) is 7.99. The van der Waals surface area contributed by atoms with Crippen LogP contribution in [0.1, 0.15) is 34.1 Å². The maximum Gasteiger partial charge on any atom is 0.157 e. The van der Waals surface area contributed by atoms with Crippen molar-refractivity contribution in [3.05, 3.63) is 0 Å². The highest BCUT2D eigenvalue weighted by Crippen LogP contribution is 2.10. The Balaban J connectivity index is 3.71. The van der Waals surface area contributed by atoms with Crippen molar-refractivity contribution in [1.82, 2.24) is 0 Å². The molecule has 0 amide bonds. The first kappa shape index (κ1) is 9.89. The summed E-state index contributed by atoms with van der Waals surface area (Å²) in [5.41, 5.74) is 0. The van der Waals surface area contributed by atoms with Crippen LogP contribution in [0.15, 0.2) is 0 Å². The van der Waals surface area contributed by atoms with Crippen LogP contribution < -0.4 is 0 Å². The third-order valence-corrected chi connectivity index (χ3v) is 1.56. The molecule has 0 N–H and O–H groups in total. The van der Waals surface area contributed by atoms with E-state index in [-0.39, 0.29) is 0 Å². The van der Waals surface area contributed by atoms with Crippen LogP contribution in [-0.2, 0) is 4.74 Å². The molecule has 0 aliphatic heterocycles. The van der Waals surface area contributed by atoms with Crippen molar-refractivity contribution in [1.29, 1.82) is 0 Å². The SMILES string of the molecule is CCC(OC(C)=S)C(C)C. The lowest BCUT2D eigenvalue weighted by Crippen LogP contribution is -2.20. The van der Waals surface area contributed by atoms with Gasteiger partial charge in [-0.05, 0) is 24.6 Å². The van der Waals surface area contributed by atoms with Gasteiger partial charge in [0, 0.05) is 6.92 Å². The Bertz CT molecular complexity index is 110. The fraction of sp³-hybridized carbons (Fsp3) is 0.875. The Labute approximate surface area is 68.8 Å². The molecule has 60 valence electrons. The number of hydrogen-bond acceptors (Lipinski definition) is 2. The highest BCUT2D eigenvalue weighted by atomic mass is 32.1. The molecule has 0 aromatic rings. The lowest BCUT2D eigenvalue weighted by Gasteiger charge is -2.19. The molecule has 0 saturated carbocycles. The van der Waals surface area contributed by atoms with Crippen LogP contribution in [-0.4, -0.2) is 11.2 Å². The van der Waals surface area contributed by atoms with Crippen LogP contribution in [0.25, 0.3) is 0 Å². The molecule has 1 unspecified atom stereocenters. The van der Waals surface area contributed by atoms with Gasteiger partial charge < -0.3 is 4.74 Å². The normalized spacial score (nSPS) is 13.3. The van der Waals surface area contributed by atoms with Crippen LogP contribution in [0, 0.1) is 5.92 Å². The summed E-state index contributed by atoms with van der Waals surface area (Å²) in [4.78, 5) is 0. The molecule has 0 aliphatic rings. The fourth-order valence-corrected chi connectivity index (χ4v) is 1.03. The van der Waals surface area contributed by atoms with Crippen molar-refractivity contribution in [3.63, 3.8) is 0 Å². The van der Waals surface area contributed by atoms with Gasteiger partial charge in [-0.3, -0.25) is 0 Å². The third-order valence-electron chi connectivity index (χ3n) is 1.46. The largest absolute Gasteiger partial charge is 0.484 e. The van der Waals surface area contributed by atoms with Crippen LogP contribution in [0.5, 0.6) is 0 Å². The molecule has 2 heteroatoms. The summed E-state index contributed by atoms with van der Waals surface area (Å²) < 4.78 is 5.39. The smallest absolute Gasteiger partial charge is 0.157 e. The Morgan fingerprint density at radius 1 is 1.50 bits per heavy atom. The van der Waals surface area contributed by atoms with Gasteiger partial charge in [0.15, 0.2) is 5.05 Å². The second-order valence-electron chi connectivity index (χ2n) is 2.80. The Hall–Kier alpha value is -0.110. The molecule has 0 radical (unpaired) electrons. The van der Waals surface area contributed by atoms with E-state index in [1.807, 2.05) is 6.92 Å². The first-order valence-electron chi connectivity index (χ1n) is 3.75. The van der Waals surface area contributed by atoms with E-state index in [4.69, 9.17) is 17.0 Å². The van der Waals surface area contributed by atoms with Gasteiger partial charge >= 0.3 is 0 Å². The molecule has 0 aromatic carbocycles. The van der Waals surface area contributed by atoms with Crippen molar-refractivity contribution >= 4 is 17.3 Å². The van der Waals surface area contributed by atoms with Crippen molar-refractivity contribution in [2.24, 2.45) is 5.92 Å². The number of thiocarbonyl (C=S) groups is 1. The number of hydrogen-bond donors (Lipinski definition) is 0. The first-order chi connectivity index (χ1) is 4.57. The quantitative estimate of drug-likeness (QED) is 0.587. The summed E-state index contributed by atoms with van der Waals surface area (Å²) in [6.45, 7) is 8.22. The summed E-state index contributed by atoms with van der Waals surface area (Å²) in [6.07, 6.45) is 1.34. The Morgan fingerprint density at radius 2 is 2.00 bits per heavy atom. The molecule has 0 aromatic heterocycles. The van der Waals surface area contributed by atoms with Crippen molar-refractivity contribution < 1.29 is 4.74 Å². The Kier molecular flexibility index (Phi) is 4.62. The van der Waals surface area contributed by atoms with Gasteiger partial charge in [0.1, 0.15) is 6.10 Å². The van der Waals surface area contributed by atoms with Gasteiger partial charge in [0.05, 0.1) is 0 Å². The fourth-order valence-electron chi connectivity index (χ4n) is 0.904. The molecular formula is C8H16OS. The molecule has 0 bridgehead atoms. The minimum absolute atomic E-state index is 0.303. The lowest BCUT2D eigenvalue weighted by molar-refractivity contribution is 0.138. The van der Waals surface area contributed by atoms with Crippen LogP contribution >= 0.6 is 12.2 Å². The zero-order chi connectivity index (χ0) is 8.15. The summed E-state index contributed by atoms with van der Waals surface area (Å²) in [5, 5.41) is 0.653. The molecule has 1 nitrogen and oxygen atoms in total. The van der Waals surface area contributed by atoms with E-state index in [1.165, 1.54) is 0 Å². The van der Waals surface area contributed by atoms with Gasteiger partial charge in [-0.1, -0.05) is 20.8 Å². The van der Waals surface area contributed by atoms with E-state index in [1.54, 1.807) is 0 Å². The lowest BCUT2D eigenvalue weighted by atomic mass is 10.1. The van der Waals surface area contributed by atoms with Gasteiger partial charge in [-0.15, -0.1) is 0 Å². The standard InChI is InChI=1S/C8H16OS/c1-5-8(6(2)3)9-7(4)10/h6,8H,5H2,1-4H3. The molecule has 0 aliphatic carbocycles. The predicted octanol–water partition coefficient (Wildman–Crippen LogP) is 2.78. The molecule has 10 heavy (non-hydrogen) atoms. The summed E-state index contributed by atoms with van der Waals surface area (Å²) in [6, 6.07) is 0. The second kappa shape index (κ2) is 4.67. The van der Waals surface area contributed by atoms with Crippen molar-refractivity contribution in [3.8, 4) is 0 Å². The highest BCUT2D eigenvalue weighted by Gasteiger charge is 2.11. The van der Waals surface area contributed by atoms with Crippen LogP contribution in [0.3, 0.4) is 0 Å². The Morgan fingerprint density at radius 3 is 2.10 bits per heavy atom. The summed E-state index contributed by atoms with van der Waals surface area (Å²) >= 11 is 4.84. The predicted molar refractivity (Wildman–Crippen MR) is 48.3 cm³/mol. The van der Waals surface area contributed by atoms with Gasteiger partial charge in [0.25, 0.3) is 0 Å². The molecular weight excluding hydrogens is 144 g/mol. The van der Waals surface area contributed by atoms with E-state index in [0.717, 1.165) is 6.42 Å². The van der Waals surface area contributed by atoms with E-state index in [9.17, 15) is 0 Å². The van der Waals surface area contributed by atoms with Crippen LogP contribution in [0.4, 0.5) is 0 Å². The third kappa shape index (κ3) is 3.83. The van der Waals surface area contributed by atoms with Crippen molar-refractivity contribution in [2.45, 2.75) is 40.2 Å². The summed E-state index contributed by atoms with van der Waals surface area (Å²) in [7, 11) is 0. The monoisotopic (exact) mass is 160 g/mol.